The standard InChI is InChI=1S/C12H14F2N2O2/c1-2-6-15-12(18)16-7-10(17)11-8(13)4-3-5-9(11)14/h2-5,10,17H,1,6-7H2,(H2,15,16,18). The van der Waals surface area contributed by atoms with Gasteiger partial charge in [-0.15, -0.1) is 6.58 Å². The number of aliphatic hydroxyl groups is 1. The van der Waals surface area contributed by atoms with E-state index >= 15 is 0 Å². The summed E-state index contributed by atoms with van der Waals surface area (Å²) in [5.41, 5.74) is -0.457. The average molecular weight is 256 g/mol. The Bertz CT molecular complexity index is 418. The van der Waals surface area contributed by atoms with E-state index in [4.69, 9.17) is 0 Å². The van der Waals surface area contributed by atoms with E-state index in [-0.39, 0.29) is 13.1 Å². The van der Waals surface area contributed by atoms with Gasteiger partial charge in [-0.1, -0.05) is 12.1 Å². The molecule has 0 aliphatic carbocycles. The molecule has 0 saturated carbocycles. The number of halogens is 2. The first-order valence-electron chi connectivity index (χ1n) is 5.30. The van der Waals surface area contributed by atoms with Gasteiger partial charge in [0.2, 0.25) is 0 Å². The zero-order valence-electron chi connectivity index (χ0n) is 9.62. The molecule has 1 rings (SSSR count). The lowest BCUT2D eigenvalue weighted by molar-refractivity contribution is 0.164. The van der Waals surface area contributed by atoms with Gasteiger partial charge in [0, 0.05) is 13.1 Å². The largest absolute Gasteiger partial charge is 0.386 e. The van der Waals surface area contributed by atoms with Crippen LogP contribution in [0.2, 0.25) is 0 Å². The first kappa shape index (κ1) is 14.1. The predicted molar refractivity (Wildman–Crippen MR) is 62.9 cm³/mol. The van der Waals surface area contributed by atoms with Crippen LogP contribution < -0.4 is 10.6 Å². The highest BCUT2D eigenvalue weighted by Crippen LogP contribution is 2.19. The van der Waals surface area contributed by atoms with Gasteiger partial charge >= 0.3 is 6.03 Å². The summed E-state index contributed by atoms with van der Waals surface area (Å²) in [5.74, 6) is -1.70. The molecule has 98 valence electrons. The van der Waals surface area contributed by atoms with E-state index in [0.29, 0.717) is 0 Å². The van der Waals surface area contributed by atoms with Crippen molar-refractivity contribution in [1.82, 2.24) is 10.6 Å². The van der Waals surface area contributed by atoms with Crippen LogP contribution >= 0.6 is 0 Å². The van der Waals surface area contributed by atoms with Crippen LogP contribution in [0.5, 0.6) is 0 Å². The molecule has 0 aromatic heterocycles. The van der Waals surface area contributed by atoms with Crippen LogP contribution in [0.25, 0.3) is 0 Å². The lowest BCUT2D eigenvalue weighted by Gasteiger charge is -2.14. The topological polar surface area (TPSA) is 61.4 Å². The van der Waals surface area contributed by atoms with Gasteiger partial charge in [0.15, 0.2) is 0 Å². The van der Waals surface area contributed by atoms with Gasteiger partial charge in [-0.2, -0.15) is 0 Å². The molecule has 0 aliphatic rings. The lowest BCUT2D eigenvalue weighted by Crippen LogP contribution is -2.38. The maximum absolute atomic E-state index is 13.3. The summed E-state index contributed by atoms with van der Waals surface area (Å²) in [6, 6.07) is 2.73. The molecule has 1 aromatic carbocycles. The van der Waals surface area contributed by atoms with Gasteiger partial charge in [0.1, 0.15) is 17.7 Å². The van der Waals surface area contributed by atoms with Crippen LogP contribution in [0.4, 0.5) is 13.6 Å². The number of rotatable bonds is 5. The molecule has 0 heterocycles. The number of hydrogen-bond acceptors (Lipinski definition) is 2. The van der Waals surface area contributed by atoms with E-state index in [0.717, 1.165) is 12.1 Å². The van der Waals surface area contributed by atoms with Gasteiger partial charge in [-0.25, -0.2) is 13.6 Å². The first-order valence-corrected chi connectivity index (χ1v) is 5.30. The second kappa shape index (κ2) is 6.70. The van der Waals surface area contributed by atoms with Crippen LogP contribution in [0.1, 0.15) is 11.7 Å². The van der Waals surface area contributed by atoms with Crippen molar-refractivity contribution in [3.05, 3.63) is 48.1 Å². The summed E-state index contributed by atoms with van der Waals surface area (Å²) in [6.07, 6.45) is 0.0349. The van der Waals surface area contributed by atoms with Crippen molar-refractivity contribution < 1.29 is 18.7 Å². The molecular formula is C12H14F2N2O2. The summed E-state index contributed by atoms with van der Waals surface area (Å²) in [7, 11) is 0. The zero-order chi connectivity index (χ0) is 13.5. The van der Waals surface area contributed by atoms with E-state index in [1.165, 1.54) is 12.1 Å². The highest BCUT2D eigenvalue weighted by Gasteiger charge is 2.18. The third kappa shape index (κ3) is 3.81. The summed E-state index contributed by atoms with van der Waals surface area (Å²) in [6.45, 7) is 3.38. The normalized spacial score (nSPS) is 11.7. The maximum Gasteiger partial charge on any atom is 0.315 e. The lowest BCUT2D eigenvalue weighted by atomic mass is 10.1. The fraction of sp³-hybridized carbons (Fsp3) is 0.250. The molecule has 1 aromatic rings. The summed E-state index contributed by atoms with van der Waals surface area (Å²) in [4.78, 5) is 11.1. The minimum absolute atomic E-state index is 0.260. The van der Waals surface area contributed by atoms with Crippen LogP contribution in [-0.2, 0) is 0 Å². The molecule has 4 nitrogen and oxygen atoms in total. The summed E-state index contributed by atoms with van der Waals surface area (Å²) < 4.78 is 26.6. The van der Waals surface area contributed by atoms with Crippen LogP contribution in [-0.4, -0.2) is 24.2 Å². The Morgan fingerprint density at radius 1 is 1.39 bits per heavy atom. The molecule has 6 heteroatoms. The van der Waals surface area contributed by atoms with E-state index in [1.54, 1.807) is 0 Å². The zero-order valence-corrected chi connectivity index (χ0v) is 9.62. The van der Waals surface area contributed by atoms with E-state index in [9.17, 15) is 18.7 Å². The van der Waals surface area contributed by atoms with Crippen molar-refractivity contribution in [3.63, 3.8) is 0 Å². The van der Waals surface area contributed by atoms with Crippen molar-refractivity contribution in [3.8, 4) is 0 Å². The Labute approximate surface area is 103 Å². The molecule has 0 radical (unpaired) electrons. The summed E-state index contributed by atoms with van der Waals surface area (Å²) >= 11 is 0. The Morgan fingerprint density at radius 3 is 2.56 bits per heavy atom. The van der Waals surface area contributed by atoms with Crippen molar-refractivity contribution >= 4 is 6.03 Å². The van der Waals surface area contributed by atoms with Crippen LogP contribution in [0.3, 0.4) is 0 Å². The molecule has 1 atom stereocenters. The number of carbonyl (C=O) groups is 1. The SMILES string of the molecule is C=CCNC(=O)NCC(O)c1c(F)cccc1F. The second-order valence-corrected chi connectivity index (χ2v) is 3.53. The quantitative estimate of drug-likeness (QED) is 0.699. The van der Waals surface area contributed by atoms with Crippen molar-refractivity contribution in [1.29, 1.82) is 0 Å². The highest BCUT2D eigenvalue weighted by molar-refractivity contribution is 5.73. The molecule has 0 fully saturated rings. The van der Waals surface area contributed by atoms with Crippen molar-refractivity contribution in [2.24, 2.45) is 0 Å². The number of benzene rings is 1. The minimum atomic E-state index is -1.44. The number of hydrogen-bond donors (Lipinski definition) is 3. The van der Waals surface area contributed by atoms with E-state index in [2.05, 4.69) is 17.2 Å². The molecule has 3 N–H and O–H groups in total. The fourth-order valence-corrected chi connectivity index (χ4v) is 1.35. The van der Waals surface area contributed by atoms with Crippen molar-refractivity contribution in [2.45, 2.75) is 6.10 Å². The third-order valence-electron chi connectivity index (χ3n) is 2.20. The van der Waals surface area contributed by atoms with E-state index in [1.807, 2.05) is 0 Å². The molecular weight excluding hydrogens is 242 g/mol. The Morgan fingerprint density at radius 2 is 2.00 bits per heavy atom. The summed E-state index contributed by atoms with van der Waals surface area (Å²) in [5, 5.41) is 14.3. The van der Waals surface area contributed by atoms with Crippen molar-refractivity contribution in [2.75, 3.05) is 13.1 Å². The average Bonchev–Trinajstić information content (AvgIpc) is 2.33. The number of urea groups is 1. The number of aliphatic hydroxyl groups excluding tert-OH is 1. The molecule has 2 amide bonds. The Hall–Kier alpha value is -1.95. The molecule has 1 unspecified atom stereocenters. The number of carbonyl (C=O) groups excluding carboxylic acids is 1. The third-order valence-corrected chi connectivity index (χ3v) is 2.20. The number of nitrogens with one attached hydrogen (secondary N) is 2. The van der Waals surface area contributed by atoms with E-state index < -0.39 is 29.3 Å². The Balaban J connectivity index is 2.57. The van der Waals surface area contributed by atoms with Gasteiger partial charge in [-0.3, -0.25) is 0 Å². The molecule has 0 saturated heterocycles. The van der Waals surface area contributed by atoms with Crippen LogP contribution in [0, 0.1) is 11.6 Å². The van der Waals surface area contributed by atoms with Crippen LogP contribution in [0.15, 0.2) is 30.9 Å². The number of amides is 2. The molecule has 18 heavy (non-hydrogen) atoms. The highest BCUT2D eigenvalue weighted by atomic mass is 19.1. The molecule has 0 aliphatic heterocycles. The van der Waals surface area contributed by atoms with Gasteiger partial charge < -0.3 is 15.7 Å². The monoisotopic (exact) mass is 256 g/mol. The molecule has 0 bridgehead atoms. The van der Waals surface area contributed by atoms with Gasteiger partial charge in [0.25, 0.3) is 0 Å². The smallest absolute Gasteiger partial charge is 0.315 e. The minimum Gasteiger partial charge on any atom is -0.386 e. The molecule has 0 spiro atoms. The van der Waals surface area contributed by atoms with Gasteiger partial charge in [0.05, 0.1) is 5.56 Å². The van der Waals surface area contributed by atoms with Gasteiger partial charge in [-0.05, 0) is 12.1 Å². The second-order valence-electron chi connectivity index (χ2n) is 3.53. The fourth-order valence-electron chi connectivity index (χ4n) is 1.35. The first-order chi connectivity index (χ1) is 8.56. The predicted octanol–water partition coefficient (Wildman–Crippen LogP) is 1.48. The maximum atomic E-state index is 13.3. The Kier molecular flexibility index (Phi) is 5.26.